The van der Waals surface area contributed by atoms with Crippen molar-refractivity contribution in [3.8, 4) is 22.3 Å². The molecule has 0 aliphatic rings. The van der Waals surface area contributed by atoms with Gasteiger partial charge in [-0.3, -0.25) is 0 Å². The Hall–Kier alpha value is -3.40. The minimum atomic E-state index is -0.340. The number of ether oxygens (including phenoxy) is 2. The third-order valence-corrected chi connectivity index (χ3v) is 4.61. The van der Waals surface area contributed by atoms with Gasteiger partial charge in [0.2, 0.25) is 0 Å². The van der Waals surface area contributed by atoms with Gasteiger partial charge in [-0.1, -0.05) is 89.6 Å². The van der Waals surface area contributed by atoms with Crippen LogP contribution in [0, 0.1) is 6.92 Å². The fraction of sp³-hybridized carbons (Fsp3) is 0.355. The zero-order valence-electron chi connectivity index (χ0n) is 22.9. The van der Waals surface area contributed by atoms with Crippen LogP contribution in [0.5, 0.6) is 0 Å². The molecular formula is C31H42O4. The van der Waals surface area contributed by atoms with Crippen molar-refractivity contribution in [2.45, 2.75) is 62.3 Å². The molecule has 0 bridgehead atoms. The van der Waals surface area contributed by atoms with Crippen LogP contribution in [0.4, 0.5) is 0 Å². The summed E-state index contributed by atoms with van der Waals surface area (Å²) in [7, 11) is 0. The van der Waals surface area contributed by atoms with E-state index in [2.05, 4.69) is 0 Å². The van der Waals surface area contributed by atoms with Gasteiger partial charge in [0.15, 0.2) is 0 Å². The summed E-state index contributed by atoms with van der Waals surface area (Å²) in [5.74, 6) is -0.677. The highest BCUT2D eigenvalue weighted by Gasteiger charge is 2.15. The summed E-state index contributed by atoms with van der Waals surface area (Å²) in [6.45, 7) is 18.3. The predicted molar refractivity (Wildman–Crippen MR) is 148 cm³/mol. The molecule has 0 saturated heterocycles. The minimum Gasteiger partial charge on any atom is -0.462 e. The molecule has 0 aliphatic carbocycles. The van der Waals surface area contributed by atoms with Crippen molar-refractivity contribution < 1.29 is 19.1 Å². The Kier molecular flexibility index (Phi) is 16.2. The van der Waals surface area contributed by atoms with Crippen LogP contribution in [0.15, 0.2) is 66.7 Å². The number of aryl methyl sites for hydroxylation is 1. The van der Waals surface area contributed by atoms with E-state index in [1.54, 1.807) is 32.0 Å². The second-order valence-corrected chi connectivity index (χ2v) is 6.64. The lowest BCUT2D eigenvalue weighted by Gasteiger charge is -2.12. The van der Waals surface area contributed by atoms with E-state index in [4.69, 9.17) is 9.47 Å². The molecule has 3 rings (SSSR count). The van der Waals surface area contributed by atoms with Crippen LogP contribution in [0.2, 0.25) is 0 Å². The van der Waals surface area contributed by atoms with Crippen LogP contribution in [0.1, 0.15) is 81.7 Å². The van der Waals surface area contributed by atoms with Crippen molar-refractivity contribution in [2.24, 2.45) is 0 Å². The smallest absolute Gasteiger partial charge is 0.338 e. The van der Waals surface area contributed by atoms with Crippen LogP contribution in [-0.4, -0.2) is 25.2 Å². The largest absolute Gasteiger partial charge is 0.462 e. The first kappa shape index (κ1) is 31.6. The Balaban J connectivity index is 0.00000179. The van der Waals surface area contributed by atoms with E-state index in [0.29, 0.717) is 24.3 Å². The summed E-state index contributed by atoms with van der Waals surface area (Å²) in [6.07, 6.45) is 0. The Morgan fingerprint density at radius 3 is 1.57 bits per heavy atom. The standard InChI is InChI=1S/C25H24O4.3C2H6/c1-4-28-24(26)20-12-10-18(11-13-20)21-14-15-22(25(27)29-5-2)23(16-21)19-8-6-17(3)7-9-19;3*1-2/h6-16H,4-5H2,1-3H3;3*1-2H3. The summed E-state index contributed by atoms with van der Waals surface area (Å²) in [5.41, 5.74) is 5.85. The summed E-state index contributed by atoms with van der Waals surface area (Å²) in [5, 5.41) is 0. The zero-order valence-corrected chi connectivity index (χ0v) is 22.9. The van der Waals surface area contributed by atoms with Crippen LogP contribution in [-0.2, 0) is 9.47 Å². The molecule has 4 nitrogen and oxygen atoms in total. The quantitative estimate of drug-likeness (QED) is 0.332. The van der Waals surface area contributed by atoms with E-state index in [1.165, 1.54) is 0 Å². The van der Waals surface area contributed by atoms with Crippen LogP contribution >= 0.6 is 0 Å². The highest BCUT2D eigenvalue weighted by molar-refractivity contribution is 5.98. The molecule has 0 spiro atoms. The van der Waals surface area contributed by atoms with Crippen molar-refractivity contribution in [3.05, 3.63) is 83.4 Å². The maximum absolute atomic E-state index is 12.5. The van der Waals surface area contributed by atoms with Gasteiger partial charge in [-0.15, -0.1) is 0 Å². The first-order chi connectivity index (χ1) is 17.0. The van der Waals surface area contributed by atoms with Gasteiger partial charge in [-0.05, 0) is 67.3 Å². The average molecular weight is 479 g/mol. The molecule has 0 aromatic heterocycles. The van der Waals surface area contributed by atoms with Crippen LogP contribution in [0.25, 0.3) is 22.3 Å². The second kappa shape index (κ2) is 18.0. The fourth-order valence-electron chi connectivity index (χ4n) is 3.10. The number of hydrogen-bond acceptors (Lipinski definition) is 4. The third-order valence-electron chi connectivity index (χ3n) is 4.61. The predicted octanol–water partition coefficient (Wildman–Crippen LogP) is 8.76. The molecule has 0 amide bonds. The summed E-state index contributed by atoms with van der Waals surface area (Å²) < 4.78 is 10.3. The summed E-state index contributed by atoms with van der Waals surface area (Å²) >= 11 is 0. The molecule has 0 N–H and O–H groups in total. The van der Waals surface area contributed by atoms with Gasteiger partial charge >= 0.3 is 11.9 Å². The first-order valence-corrected chi connectivity index (χ1v) is 12.7. The van der Waals surface area contributed by atoms with E-state index in [9.17, 15) is 9.59 Å². The molecule has 0 saturated carbocycles. The molecule has 0 unspecified atom stereocenters. The maximum atomic E-state index is 12.5. The normalized spacial score (nSPS) is 9.17. The second-order valence-electron chi connectivity index (χ2n) is 6.64. The number of esters is 2. The minimum absolute atomic E-state index is 0.323. The summed E-state index contributed by atoms with van der Waals surface area (Å²) in [6, 6.07) is 21.0. The molecule has 0 fully saturated rings. The van der Waals surface area contributed by atoms with Crippen molar-refractivity contribution in [1.82, 2.24) is 0 Å². The molecule has 0 atom stereocenters. The Bertz CT molecular complexity index is 1000. The highest BCUT2D eigenvalue weighted by atomic mass is 16.5. The van der Waals surface area contributed by atoms with Crippen molar-refractivity contribution in [2.75, 3.05) is 13.2 Å². The molecule has 0 aliphatic heterocycles. The molecule has 35 heavy (non-hydrogen) atoms. The van der Waals surface area contributed by atoms with Gasteiger partial charge < -0.3 is 9.47 Å². The molecule has 3 aromatic carbocycles. The van der Waals surface area contributed by atoms with Crippen LogP contribution < -0.4 is 0 Å². The first-order valence-electron chi connectivity index (χ1n) is 12.7. The monoisotopic (exact) mass is 478 g/mol. The van der Waals surface area contributed by atoms with Crippen molar-refractivity contribution in [1.29, 1.82) is 0 Å². The Morgan fingerprint density at radius 2 is 1.06 bits per heavy atom. The number of benzene rings is 3. The molecular weight excluding hydrogens is 436 g/mol. The lowest BCUT2D eigenvalue weighted by atomic mass is 9.94. The topological polar surface area (TPSA) is 52.6 Å². The van der Waals surface area contributed by atoms with Gasteiger partial charge in [0.05, 0.1) is 24.3 Å². The summed E-state index contributed by atoms with van der Waals surface area (Å²) in [4.78, 5) is 24.3. The number of carbonyl (C=O) groups is 2. The van der Waals surface area contributed by atoms with Gasteiger partial charge in [-0.2, -0.15) is 0 Å². The third kappa shape index (κ3) is 9.40. The zero-order chi connectivity index (χ0) is 26.8. The van der Waals surface area contributed by atoms with Gasteiger partial charge in [0.25, 0.3) is 0 Å². The van der Waals surface area contributed by atoms with E-state index < -0.39 is 0 Å². The van der Waals surface area contributed by atoms with Crippen molar-refractivity contribution >= 4 is 11.9 Å². The maximum Gasteiger partial charge on any atom is 0.338 e. The average Bonchev–Trinajstić information content (AvgIpc) is 2.92. The van der Waals surface area contributed by atoms with Crippen LogP contribution in [0.3, 0.4) is 0 Å². The lowest BCUT2D eigenvalue weighted by Crippen LogP contribution is -2.06. The SMILES string of the molecule is CC.CC.CC.CCOC(=O)c1ccc(-c2ccc(C(=O)OCC)c(-c3ccc(C)cc3)c2)cc1. The van der Waals surface area contributed by atoms with Gasteiger partial charge in [0.1, 0.15) is 0 Å². The van der Waals surface area contributed by atoms with E-state index in [-0.39, 0.29) is 11.9 Å². The number of carbonyl (C=O) groups excluding carboxylic acids is 2. The Morgan fingerprint density at radius 1 is 0.600 bits per heavy atom. The fourth-order valence-corrected chi connectivity index (χ4v) is 3.10. The Labute approximate surface area is 212 Å². The van der Waals surface area contributed by atoms with Gasteiger partial charge in [0, 0.05) is 0 Å². The van der Waals surface area contributed by atoms with E-state index in [1.807, 2.05) is 97.0 Å². The number of rotatable bonds is 6. The molecule has 4 heteroatoms. The highest BCUT2D eigenvalue weighted by Crippen LogP contribution is 2.31. The lowest BCUT2D eigenvalue weighted by molar-refractivity contribution is 0.0517. The van der Waals surface area contributed by atoms with Gasteiger partial charge in [-0.25, -0.2) is 9.59 Å². The molecule has 3 aromatic rings. The molecule has 0 heterocycles. The van der Waals surface area contributed by atoms with E-state index >= 15 is 0 Å². The van der Waals surface area contributed by atoms with Crippen molar-refractivity contribution in [3.63, 3.8) is 0 Å². The van der Waals surface area contributed by atoms with E-state index in [0.717, 1.165) is 27.8 Å². The number of hydrogen-bond donors (Lipinski definition) is 0. The molecule has 190 valence electrons. The molecule has 0 radical (unpaired) electrons.